The molecule has 0 amide bonds. The van der Waals surface area contributed by atoms with Crippen LogP contribution < -0.4 is 20.1 Å². The van der Waals surface area contributed by atoms with Crippen LogP contribution in [0.15, 0.2) is 23.2 Å². The van der Waals surface area contributed by atoms with Gasteiger partial charge >= 0.3 is 6.61 Å². The molecule has 0 spiro atoms. The number of halogens is 3. The molecule has 2 N–H and O–H groups in total. The summed E-state index contributed by atoms with van der Waals surface area (Å²) in [7, 11) is 2.12. The van der Waals surface area contributed by atoms with Gasteiger partial charge in [-0.05, 0) is 45.8 Å². The second kappa shape index (κ2) is 13.0. The third-order valence-corrected chi connectivity index (χ3v) is 4.37. The van der Waals surface area contributed by atoms with Crippen LogP contribution >= 0.6 is 24.0 Å². The summed E-state index contributed by atoms with van der Waals surface area (Å²) in [5.41, 5.74) is 0.555. The molecule has 9 heteroatoms. The van der Waals surface area contributed by atoms with Crippen LogP contribution in [-0.4, -0.2) is 57.3 Å². The SMILES string of the molecule is CCNC(=NCc1cccc(OCC)c1OC(F)F)NCC1CCN(C)C1.I. The fraction of sp³-hybridized carbons (Fsp3) is 0.632. The van der Waals surface area contributed by atoms with E-state index in [1.807, 2.05) is 6.92 Å². The Morgan fingerprint density at radius 3 is 2.71 bits per heavy atom. The van der Waals surface area contributed by atoms with E-state index in [1.54, 1.807) is 25.1 Å². The van der Waals surface area contributed by atoms with E-state index in [0.29, 0.717) is 29.8 Å². The molecule has 1 fully saturated rings. The van der Waals surface area contributed by atoms with Gasteiger partial charge in [-0.2, -0.15) is 8.78 Å². The molecule has 1 aromatic carbocycles. The lowest BCUT2D eigenvalue weighted by atomic mass is 10.1. The Labute approximate surface area is 183 Å². The van der Waals surface area contributed by atoms with Crippen molar-refractivity contribution in [1.29, 1.82) is 0 Å². The first-order chi connectivity index (χ1) is 13.0. The Morgan fingerprint density at radius 1 is 1.32 bits per heavy atom. The molecule has 0 saturated carbocycles. The van der Waals surface area contributed by atoms with Gasteiger partial charge in [0, 0.05) is 25.2 Å². The third kappa shape index (κ3) is 7.94. The van der Waals surface area contributed by atoms with Gasteiger partial charge in [-0.3, -0.25) is 0 Å². The Kier molecular flexibility index (Phi) is 11.4. The summed E-state index contributed by atoms with van der Waals surface area (Å²) in [5.74, 6) is 1.60. The molecular formula is C19H31F2IN4O2. The van der Waals surface area contributed by atoms with E-state index in [-0.39, 0.29) is 36.3 Å². The molecule has 28 heavy (non-hydrogen) atoms. The molecule has 1 unspecified atom stereocenters. The monoisotopic (exact) mass is 512 g/mol. The van der Waals surface area contributed by atoms with Crippen LogP contribution in [0.5, 0.6) is 11.5 Å². The van der Waals surface area contributed by atoms with Crippen LogP contribution in [-0.2, 0) is 6.54 Å². The number of hydrogen-bond acceptors (Lipinski definition) is 4. The highest BCUT2D eigenvalue weighted by Crippen LogP contribution is 2.33. The fourth-order valence-electron chi connectivity index (χ4n) is 3.12. The predicted octanol–water partition coefficient (Wildman–Crippen LogP) is 3.31. The minimum absolute atomic E-state index is 0. The minimum Gasteiger partial charge on any atom is -0.490 e. The number of benzene rings is 1. The normalized spacial score (nSPS) is 17.4. The highest BCUT2D eigenvalue weighted by Gasteiger charge is 2.19. The van der Waals surface area contributed by atoms with Crippen molar-refractivity contribution >= 4 is 29.9 Å². The highest BCUT2D eigenvalue weighted by atomic mass is 127. The predicted molar refractivity (Wildman–Crippen MR) is 118 cm³/mol. The molecule has 0 aliphatic carbocycles. The first-order valence-electron chi connectivity index (χ1n) is 9.43. The van der Waals surface area contributed by atoms with Gasteiger partial charge in [0.05, 0.1) is 13.2 Å². The van der Waals surface area contributed by atoms with Crippen molar-refractivity contribution in [3.63, 3.8) is 0 Å². The fourth-order valence-corrected chi connectivity index (χ4v) is 3.12. The van der Waals surface area contributed by atoms with Gasteiger partial charge in [-0.1, -0.05) is 12.1 Å². The van der Waals surface area contributed by atoms with E-state index in [9.17, 15) is 8.78 Å². The maximum atomic E-state index is 12.8. The van der Waals surface area contributed by atoms with E-state index >= 15 is 0 Å². The molecule has 1 aliphatic rings. The molecular weight excluding hydrogens is 481 g/mol. The van der Waals surface area contributed by atoms with Gasteiger partial charge in [-0.15, -0.1) is 24.0 Å². The average Bonchev–Trinajstić information content (AvgIpc) is 3.04. The van der Waals surface area contributed by atoms with Crippen LogP contribution in [0.2, 0.25) is 0 Å². The lowest BCUT2D eigenvalue weighted by molar-refractivity contribution is -0.0520. The van der Waals surface area contributed by atoms with Crippen molar-refractivity contribution in [2.45, 2.75) is 33.4 Å². The second-order valence-corrected chi connectivity index (χ2v) is 6.55. The lowest BCUT2D eigenvalue weighted by Crippen LogP contribution is -2.40. The maximum absolute atomic E-state index is 12.8. The highest BCUT2D eigenvalue weighted by molar-refractivity contribution is 14.0. The molecule has 0 radical (unpaired) electrons. The molecule has 2 rings (SSSR count). The first-order valence-corrected chi connectivity index (χ1v) is 9.43. The summed E-state index contributed by atoms with van der Waals surface area (Å²) in [6, 6.07) is 5.09. The zero-order valence-corrected chi connectivity index (χ0v) is 19.0. The molecule has 160 valence electrons. The minimum atomic E-state index is -2.92. The van der Waals surface area contributed by atoms with Gasteiger partial charge < -0.3 is 25.0 Å². The number of nitrogens with zero attached hydrogens (tertiary/aromatic N) is 2. The Hall–Kier alpha value is -1.36. The van der Waals surface area contributed by atoms with Crippen molar-refractivity contribution in [3.8, 4) is 11.5 Å². The first kappa shape index (κ1) is 24.7. The largest absolute Gasteiger partial charge is 0.490 e. The number of rotatable bonds is 9. The molecule has 0 aromatic heterocycles. The van der Waals surface area contributed by atoms with Gasteiger partial charge in [0.1, 0.15) is 0 Å². The number of likely N-dealkylation sites (tertiary alicyclic amines) is 1. The van der Waals surface area contributed by atoms with Crippen molar-refractivity contribution in [3.05, 3.63) is 23.8 Å². The van der Waals surface area contributed by atoms with Crippen molar-refractivity contribution < 1.29 is 18.3 Å². The average molecular weight is 512 g/mol. The zero-order chi connectivity index (χ0) is 19.6. The van der Waals surface area contributed by atoms with Gasteiger partial charge in [0.2, 0.25) is 0 Å². The van der Waals surface area contributed by atoms with E-state index < -0.39 is 6.61 Å². The molecule has 1 aliphatic heterocycles. The zero-order valence-electron chi connectivity index (χ0n) is 16.7. The number of para-hydroxylation sites is 1. The summed E-state index contributed by atoms with van der Waals surface area (Å²) >= 11 is 0. The molecule has 6 nitrogen and oxygen atoms in total. The maximum Gasteiger partial charge on any atom is 0.387 e. The topological polar surface area (TPSA) is 58.1 Å². The standard InChI is InChI=1S/C19H30F2N4O2.HI/c1-4-22-19(23-11-14-9-10-25(3)13-14)24-12-15-7-6-8-16(26-5-2)17(15)27-18(20)21;/h6-8,14,18H,4-5,9-13H2,1-3H3,(H2,22,23,24);1H. The van der Waals surface area contributed by atoms with Gasteiger partial charge in [0.25, 0.3) is 0 Å². The summed E-state index contributed by atoms with van der Waals surface area (Å²) in [4.78, 5) is 6.84. The molecule has 0 bridgehead atoms. The Morgan fingerprint density at radius 2 is 2.11 bits per heavy atom. The van der Waals surface area contributed by atoms with Gasteiger partial charge in [-0.25, -0.2) is 4.99 Å². The van der Waals surface area contributed by atoms with Crippen molar-refractivity contribution in [2.24, 2.45) is 10.9 Å². The second-order valence-electron chi connectivity index (χ2n) is 6.55. The molecule has 1 aromatic rings. The summed E-state index contributed by atoms with van der Waals surface area (Å²) in [6.07, 6.45) is 1.16. The number of alkyl halides is 2. The van der Waals surface area contributed by atoms with Crippen molar-refractivity contribution in [1.82, 2.24) is 15.5 Å². The van der Waals surface area contributed by atoms with Crippen LogP contribution in [0.1, 0.15) is 25.8 Å². The van der Waals surface area contributed by atoms with E-state index in [2.05, 4.69) is 27.6 Å². The van der Waals surface area contributed by atoms with Crippen LogP contribution in [0.25, 0.3) is 0 Å². The van der Waals surface area contributed by atoms with Crippen molar-refractivity contribution in [2.75, 3.05) is 39.8 Å². The quantitative estimate of drug-likeness (QED) is 0.302. The number of ether oxygens (including phenoxy) is 2. The summed E-state index contributed by atoms with van der Waals surface area (Å²) in [6.45, 7) is 5.17. The summed E-state index contributed by atoms with van der Waals surface area (Å²) in [5, 5.41) is 6.54. The Balaban J connectivity index is 0.00000392. The molecule has 1 atom stereocenters. The third-order valence-electron chi connectivity index (χ3n) is 4.37. The molecule has 1 heterocycles. The van der Waals surface area contributed by atoms with E-state index in [4.69, 9.17) is 9.47 Å². The van der Waals surface area contributed by atoms with E-state index in [1.165, 1.54) is 0 Å². The number of nitrogens with one attached hydrogen (secondary N) is 2. The number of guanidine groups is 1. The van der Waals surface area contributed by atoms with E-state index in [0.717, 1.165) is 32.6 Å². The number of aliphatic imine (C=N–C) groups is 1. The van der Waals surface area contributed by atoms with Crippen LogP contribution in [0.4, 0.5) is 8.78 Å². The van der Waals surface area contributed by atoms with Crippen LogP contribution in [0, 0.1) is 5.92 Å². The summed E-state index contributed by atoms with van der Waals surface area (Å²) < 4.78 is 35.8. The molecule has 1 saturated heterocycles. The smallest absolute Gasteiger partial charge is 0.387 e. The van der Waals surface area contributed by atoms with Gasteiger partial charge in [0.15, 0.2) is 17.5 Å². The Bertz CT molecular complexity index is 620. The lowest BCUT2D eigenvalue weighted by Gasteiger charge is -2.17. The van der Waals surface area contributed by atoms with Crippen LogP contribution in [0.3, 0.4) is 0 Å². The number of hydrogen-bond donors (Lipinski definition) is 2.